The van der Waals surface area contributed by atoms with Gasteiger partial charge in [-0.3, -0.25) is 4.79 Å². The molecule has 6 rings (SSSR count). The molecule has 220 valence electrons. The molecule has 0 spiro atoms. The number of amides is 1. The van der Waals surface area contributed by atoms with E-state index in [2.05, 4.69) is 0 Å². The molecule has 1 aromatic carbocycles. The van der Waals surface area contributed by atoms with Crippen molar-refractivity contribution in [2.45, 2.75) is 49.5 Å². The van der Waals surface area contributed by atoms with Gasteiger partial charge in [-0.25, -0.2) is 18.2 Å². The van der Waals surface area contributed by atoms with Crippen LogP contribution in [0.2, 0.25) is 5.02 Å². The van der Waals surface area contributed by atoms with Crippen molar-refractivity contribution in [3.63, 3.8) is 0 Å². The highest BCUT2D eigenvalue weighted by molar-refractivity contribution is 7.89. The van der Waals surface area contributed by atoms with Crippen LogP contribution in [0, 0.1) is 5.92 Å². The van der Waals surface area contributed by atoms with Crippen LogP contribution < -0.4 is 0 Å². The van der Waals surface area contributed by atoms with E-state index in [0.717, 1.165) is 49.8 Å². The number of hydrogen-bond acceptors (Lipinski definition) is 8. The second-order valence-electron chi connectivity index (χ2n) is 10.6. The Balaban J connectivity index is 1.21. The Morgan fingerprint density at radius 2 is 1.83 bits per heavy atom. The van der Waals surface area contributed by atoms with Crippen LogP contribution >= 0.6 is 11.6 Å². The molecule has 2 aliphatic heterocycles. The maximum Gasteiger partial charge on any atom is 0.338 e. The predicted octanol–water partition coefficient (Wildman–Crippen LogP) is 5.68. The monoisotopic (exact) mass is 611 g/mol. The number of nitrogens with zero attached hydrogens (tertiary/aromatic N) is 3. The largest absolute Gasteiger partial charge is 0.467 e. The lowest BCUT2D eigenvalue weighted by atomic mass is 9.79. The number of ether oxygens (including phenoxy) is 1. The highest BCUT2D eigenvalue weighted by Gasteiger charge is 2.45. The zero-order valence-corrected chi connectivity index (χ0v) is 24.4. The zero-order valence-electron chi connectivity index (χ0n) is 22.8. The van der Waals surface area contributed by atoms with Gasteiger partial charge < -0.3 is 13.6 Å². The lowest BCUT2D eigenvalue weighted by Gasteiger charge is -2.27. The molecule has 2 unspecified atom stereocenters. The van der Waals surface area contributed by atoms with E-state index < -0.39 is 34.5 Å². The van der Waals surface area contributed by atoms with Crippen molar-refractivity contribution in [1.82, 2.24) is 9.31 Å². The fraction of sp³-hybridized carbons (Fsp3) is 0.367. The number of carbonyl (C=O) groups is 2. The van der Waals surface area contributed by atoms with Gasteiger partial charge in [0.15, 0.2) is 6.61 Å². The number of benzene rings is 1. The minimum atomic E-state index is -3.88. The minimum absolute atomic E-state index is 0.0170. The van der Waals surface area contributed by atoms with Crippen LogP contribution in [0.15, 0.2) is 79.4 Å². The van der Waals surface area contributed by atoms with Crippen LogP contribution in [0.25, 0.3) is 6.08 Å². The Kier molecular flexibility index (Phi) is 8.06. The van der Waals surface area contributed by atoms with Gasteiger partial charge in [0.2, 0.25) is 10.0 Å². The van der Waals surface area contributed by atoms with Crippen LogP contribution in [0.5, 0.6) is 0 Å². The first kappa shape index (κ1) is 28.4. The van der Waals surface area contributed by atoms with Gasteiger partial charge in [-0.1, -0.05) is 18.0 Å². The van der Waals surface area contributed by atoms with E-state index in [-0.39, 0.29) is 21.4 Å². The van der Waals surface area contributed by atoms with E-state index in [9.17, 15) is 18.0 Å². The van der Waals surface area contributed by atoms with Gasteiger partial charge >= 0.3 is 5.97 Å². The Morgan fingerprint density at radius 1 is 1.05 bits per heavy atom. The number of fused-ring (bicyclic) bond motifs is 1. The second-order valence-corrected chi connectivity index (χ2v) is 12.9. The Morgan fingerprint density at radius 3 is 2.57 bits per heavy atom. The van der Waals surface area contributed by atoms with Crippen molar-refractivity contribution >= 4 is 45.3 Å². The molecule has 1 amide bonds. The standard InChI is InChI=1S/C30H30ClN3O7S/c31-24-12-11-21(18-26(24)42(37,38)33-13-2-1-3-14-33)30(36)41-19-27(35)34-29(25-10-6-16-40-25)23-9-4-7-20(28(23)32-34)17-22-8-5-15-39-22/h5-6,8,10-12,15-18,23,29H,1-4,7,9,13-14,19H2. The van der Waals surface area contributed by atoms with E-state index >= 15 is 0 Å². The first-order chi connectivity index (χ1) is 20.3. The summed E-state index contributed by atoms with van der Waals surface area (Å²) in [6.45, 7) is 0.209. The van der Waals surface area contributed by atoms with E-state index in [0.29, 0.717) is 24.6 Å². The molecule has 2 fully saturated rings. The molecule has 2 aromatic heterocycles. The summed E-state index contributed by atoms with van der Waals surface area (Å²) in [7, 11) is -3.88. The van der Waals surface area contributed by atoms with Crippen molar-refractivity contribution in [2.75, 3.05) is 19.7 Å². The molecule has 1 aliphatic carbocycles. The highest BCUT2D eigenvalue weighted by Crippen LogP contribution is 2.44. The van der Waals surface area contributed by atoms with Crippen molar-refractivity contribution < 1.29 is 31.6 Å². The number of esters is 1. The third kappa shape index (κ3) is 5.56. The molecular weight excluding hydrogens is 582 g/mol. The summed E-state index contributed by atoms with van der Waals surface area (Å²) in [4.78, 5) is 26.3. The van der Waals surface area contributed by atoms with E-state index in [4.69, 9.17) is 30.3 Å². The quantitative estimate of drug-likeness (QED) is 0.315. The number of sulfonamides is 1. The van der Waals surface area contributed by atoms with Gasteiger partial charge in [0.25, 0.3) is 5.91 Å². The summed E-state index contributed by atoms with van der Waals surface area (Å²) in [6.07, 6.45) is 10.1. The van der Waals surface area contributed by atoms with Crippen molar-refractivity contribution in [1.29, 1.82) is 0 Å². The Bertz CT molecular complexity index is 1620. The topological polar surface area (TPSA) is 123 Å². The van der Waals surface area contributed by atoms with Crippen LogP contribution in [0.4, 0.5) is 0 Å². The molecule has 0 radical (unpaired) electrons. The van der Waals surface area contributed by atoms with Crippen molar-refractivity contribution in [3.8, 4) is 0 Å². The van der Waals surface area contributed by atoms with Gasteiger partial charge in [-0.05, 0) is 86.2 Å². The molecule has 0 bridgehead atoms. The first-order valence-electron chi connectivity index (χ1n) is 14.0. The summed E-state index contributed by atoms with van der Waals surface area (Å²) in [6, 6.07) is 10.7. The average molecular weight is 612 g/mol. The maximum absolute atomic E-state index is 13.5. The maximum atomic E-state index is 13.5. The number of halogens is 1. The van der Waals surface area contributed by atoms with Crippen LogP contribution in [0.3, 0.4) is 0 Å². The fourth-order valence-electron chi connectivity index (χ4n) is 5.84. The lowest BCUT2D eigenvalue weighted by Crippen LogP contribution is -2.36. The number of hydrazone groups is 1. The number of furan rings is 2. The molecule has 10 nitrogen and oxygen atoms in total. The van der Waals surface area contributed by atoms with E-state index in [1.54, 1.807) is 24.7 Å². The number of rotatable bonds is 7. The van der Waals surface area contributed by atoms with Crippen LogP contribution in [-0.4, -0.2) is 55.0 Å². The SMILES string of the molecule is O=C(OCC(=O)N1N=C2C(=Cc3ccco3)CCCC2C1c1ccco1)c1ccc(Cl)c(S(=O)(=O)N2CCCCC2)c1. The first-order valence-corrected chi connectivity index (χ1v) is 15.8. The number of allylic oxidation sites excluding steroid dienone is 1. The van der Waals surface area contributed by atoms with Crippen LogP contribution in [-0.2, 0) is 19.6 Å². The second kappa shape index (κ2) is 11.9. The third-order valence-electron chi connectivity index (χ3n) is 7.88. The fourth-order valence-corrected chi connectivity index (χ4v) is 7.86. The summed E-state index contributed by atoms with van der Waals surface area (Å²) in [5.41, 5.74) is 1.74. The normalized spacial score (nSPS) is 22.2. The molecule has 2 atom stereocenters. The molecule has 1 saturated carbocycles. The minimum Gasteiger partial charge on any atom is -0.467 e. The Labute approximate surface area is 248 Å². The third-order valence-corrected chi connectivity index (χ3v) is 10.3. The number of carbonyl (C=O) groups excluding carboxylic acids is 2. The molecule has 3 aliphatic rings. The highest BCUT2D eigenvalue weighted by atomic mass is 35.5. The van der Waals surface area contributed by atoms with Gasteiger partial charge in [0, 0.05) is 19.0 Å². The van der Waals surface area contributed by atoms with Gasteiger partial charge in [-0.2, -0.15) is 9.41 Å². The molecule has 4 heterocycles. The number of hydrogen-bond donors (Lipinski definition) is 0. The Hall–Kier alpha value is -3.67. The van der Waals surface area contributed by atoms with E-state index in [1.807, 2.05) is 18.2 Å². The molecule has 12 heteroatoms. The summed E-state index contributed by atoms with van der Waals surface area (Å²) < 4.78 is 44.4. The molecule has 42 heavy (non-hydrogen) atoms. The average Bonchev–Trinajstić information content (AvgIpc) is 3.78. The smallest absolute Gasteiger partial charge is 0.338 e. The van der Waals surface area contributed by atoms with Crippen LogP contribution in [0.1, 0.15) is 66.4 Å². The molecule has 0 N–H and O–H groups in total. The molecule has 3 aromatic rings. The zero-order chi connectivity index (χ0) is 29.3. The summed E-state index contributed by atoms with van der Waals surface area (Å²) >= 11 is 6.25. The summed E-state index contributed by atoms with van der Waals surface area (Å²) in [5.74, 6) is -0.176. The predicted molar refractivity (Wildman–Crippen MR) is 154 cm³/mol. The van der Waals surface area contributed by atoms with Crippen molar-refractivity contribution in [2.24, 2.45) is 11.0 Å². The number of piperidine rings is 1. The van der Waals surface area contributed by atoms with E-state index in [1.165, 1.54) is 27.5 Å². The molecular formula is C30H30ClN3O7S. The molecule has 1 saturated heterocycles. The van der Waals surface area contributed by atoms with Crippen molar-refractivity contribution in [3.05, 3.63) is 82.7 Å². The van der Waals surface area contributed by atoms with Gasteiger partial charge in [0.05, 0.1) is 28.8 Å². The summed E-state index contributed by atoms with van der Waals surface area (Å²) in [5, 5.41) is 6.06. The van der Waals surface area contributed by atoms with Gasteiger partial charge in [0.1, 0.15) is 22.5 Å². The van der Waals surface area contributed by atoms with Gasteiger partial charge in [-0.15, -0.1) is 0 Å². The lowest BCUT2D eigenvalue weighted by molar-refractivity contribution is -0.137.